The lowest BCUT2D eigenvalue weighted by molar-refractivity contribution is 1.24. The zero-order chi connectivity index (χ0) is 11.7. The molecule has 0 saturated carbocycles. The molecule has 0 aliphatic carbocycles. The van der Waals surface area contributed by atoms with E-state index < -0.39 is 0 Å². The molecule has 0 fully saturated rings. The summed E-state index contributed by atoms with van der Waals surface area (Å²) >= 11 is 0. The van der Waals surface area contributed by atoms with Crippen molar-refractivity contribution in [2.75, 3.05) is 0 Å². The van der Waals surface area contributed by atoms with Crippen molar-refractivity contribution in [1.82, 2.24) is 4.98 Å². The molecule has 0 aliphatic rings. The maximum Gasteiger partial charge on any atom is 0.0450 e. The molecule has 0 radical (unpaired) electrons. The minimum Gasteiger partial charge on any atom is -0.261 e. The number of aromatic nitrogens is 1. The lowest BCUT2D eigenvalue weighted by atomic mass is 10.1. The Morgan fingerprint density at radius 3 is 2.07 bits per heavy atom. The van der Waals surface area contributed by atoms with Gasteiger partial charge in [-0.2, -0.15) is 0 Å². The quantitative estimate of drug-likeness (QED) is 0.610. The smallest absolute Gasteiger partial charge is 0.0450 e. The van der Waals surface area contributed by atoms with Gasteiger partial charge in [-0.05, 0) is 18.4 Å². The number of pyridine rings is 1. The molecule has 15 heavy (non-hydrogen) atoms. The van der Waals surface area contributed by atoms with Crippen LogP contribution in [0.25, 0.3) is 10.8 Å². The van der Waals surface area contributed by atoms with Gasteiger partial charge in [0.05, 0.1) is 0 Å². The van der Waals surface area contributed by atoms with Crippen LogP contribution in [-0.4, -0.2) is 4.98 Å². The summed E-state index contributed by atoms with van der Waals surface area (Å²) in [7, 11) is 0. The van der Waals surface area contributed by atoms with Crippen molar-refractivity contribution in [3.05, 3.63) is 42.2 Å². The zero-order valence-corrected chi connectivity index (χ0v) is 10.4. The van der Waals surface area contributed by atoms with Crippen molar-refractivity contribution in [3.63, 3.8) is 0 Å². The Morgan fingerprint density at radius 2 is 1.47 bits per heavy atom. The lowest BCUT2D eigenvalue weighted by Gasteiger charge is -1.97. The average molecular weight is 203 g/mol. The van der Waals surface area contributed by atoms with Crippen LogP contribution < -0.4 is 0 Å². The second kappa shape index (κ2) is 7.98. The first kappa shape index (κ1) is 13.6. The average Bonchev–Trinajstić information content (AvgIpc) is 2.35. The van der Waals surface area contributed by atoms with Crippen LogP contribution in [0.3, 0.4) is 0 Å². The van der Waals surface area contributed by atoms with Gasteiger partial charge >= 0.3 is 0 Å². The topological polar surface area (TPSA) is 12.9 Å². The highest BCUT2D eigenvalue weighted by molar-refractivity contribution is 5.83. The Balaban J connectivity index is 0.000000442. The first-order valence-corrected chi connectivity index (χ1v) is 5.68. The van der Waals surface area contributed by atoms with Crippen molar-refractivity contribution in [3.8, 4) is 0 Å². The summed E-state index contributed by atoms with van der Waals surface area (Å²) in [5.74, 6) is 0. The van der Waals surface area contributed by atoms with Crippen LogP contribution in [0.1, 0.15) is 33.4 Å². The molecule has 1 heteroatoms. The highest BCUT2D eigenvalue weighted by atomic mass is 14.7. The van der Waals surface area contributed by atoms with Gasteiger partial charge in [0.15, 0.2) is 0 Å². The van der Waals surface area contributed by atoms with E-state index in [0.29, 0.717) is 0 Å². The molecule has 82 valence electrons. The molecule has 1 heterocycles. The Hall–Kier alpha value is -1.37. The van der Waals surface area contributed by atoms with E-state index in [9.17, 15) is 0 Å². The van der Waals surface area contributed by atoms with Crippen molar-refractivity contribution in [2.45, 2.75) is 34.6 Å². The summed E-state index contributed by atoms with van der Waals surface area (Å²) in [5, 5.41) is 2.51. The minimum atomic E-state index is 1.10. The third-order valence-corrected chi connectivity index (χ3v) is 1.87. The van der Waals surface area contributed by atoms with Gasteiger partial charge in [0, 0.05) is 17.3 Å². The summed E-state index contributed by atoms with van der Waals surface area (Å²) in [6, 6.07) is 10.3. The molecule has 0 aliphatic heterocycles. The highest BCUT2D eigenvalue weighted by Crippen LogP contribution is 2.14. The fourth-order valence-electron chi connectivity index (χ4n) is 1.27. The van der Waals surface area contributed by atoms with Crippen LogP contribution in [0.4, 0.5) is 0 Å². The van der Waals surface area contributed by atoms with E-state index in [1.54, 1.807) is 0 Å². The Kier molecular flexibility index (Phi) is 7.25. The van der Waals surface area contributed by atoms with Gasteiger partial charge in [0.1, 0.15) is 0 Å². The van der Waals surface area contributed by atoms with Crippen LogP contribution in [0.15, 0.2) is 36.5 Å². The number of aryl methyl sites for hydroxylation is 1. The van der Waals surface area contributed by atoms with E-state index in [4.69, 9.17) is 0 Å². The molecule has 1 aromatic heterocycles. The highest BCUT2D eigenvalue weighted by Gasteiger charge is 1.93. The normalized spacial score (nSPS) is 8.33. The fraction of sp³-hybridized carbons (Fsp3) is 0.357. The van der Waals surface area contributed by atoms with Crippen molar-refractivity contribution in [1.29, 1.82) is 0 Å². The van der Waals surface area contributed by atoms with Gasteiger partial charge in [-0.25, -0.2) is 0 Å². The first-order chi connectivity index (χ1) is 7.38. The third kappa shape index (κ3) is 3.70. The summed E-state index contributed by atoms with van der Waals surface area (Å²) < 4.78 is 0. The molecule has 0 N–H and O–H groups in total. The molecule has 1 aromatic carbocycles. The number of benzene rings is 1. The summed E-state index contributed by atoms with van der Waals surface area (Å²) in [4.78, 5) is 4.21. The largest absolute Gasteiger partial charge is 0.261 e. The molecular weight excluding hydrogens is 182 g/mol. The first-order valence-electron chi connectivity index (χ1n) is 5.68. The van der Waals surface area contributed by atoms with E-state index >= 15 is 0 Å². The van der Waals surface area contributed by atoms with E-state index in [0.717, 1.165) is 5.69 Å². The standard InChI is InChI=1S/C10H9N.2C2H6/c1-8-10-5-3-2-4-9(10)6-7-11-8;2*1-2/h2-7H,1H3;2*1-2H3. The Morgan fingerprint density at radius 1 is 0.867 bits per heavy atom. The van der Waals surface area contributed by atoms with Gasteiger partial charge in [0.25, 0.3) is 0 Å². The van der Waals surface area contributed by atoms with E-state index in [1.807, 2.05) is 59.0 Å². The van der Waals surface area contributed by atoms with Crippen LogP contribution in [0, 0.1) is 6.92 Å². The monoisotopic (exact) mass is 203 g/mol. The summed E-state index contributed by atoms with van der Waals surface area (Å²) in [5.41, 5.74) is 1.10. The van der Waals surface area contributed by atoms with Crippen LogP contribution in [-0.2, 0) is 0 Å². The predicted molar refractivity (Wildman–Crippen MR) is 69.2 cm³/mol. The van der Waals surface area contributed by atoms with E-state index in [2.05, 4.69) is 17.1 Å². The summed E-state index contributed by atoms with van der Waals surface area (Å²) in [6.07, 6.45) is 1.84. The Bertz CT molecular complexity index is 375. The molecule has 0 atom stereocenters. The number of rotatable bonds is 0. The molecule has 0 bridgehead atoms. The van der Waals surface area contributed by atoms with Gasteiger partial charge in [-0.1, -0.05) is 52.0 Å². The molecule has 2 rings (SSSR count). The predicted octanol–water partition coefficient (Wildman–Crippen LogP) is 4.60. The number of hydrogen-bond donors (Lipinski definition) is 0. The van der Waals surface area contributed by atoms with Crippen LogP contribution in [0.5, 0.6) is 0 Å². The molecule has 0 spiro atoms. The molecule has 2 aromatic rings. The number of nitrogens with zero attached hydrogens (tertiary/aromatic N) is 1. The van der Waals surface area contributed by atoms with Crippen molar-refractivity contribution < 1.29 is 0 Å². The van der Waals surface area contributed by atoms with Gasteiger partial charge in [-0.3, -0.25) is 4.98 Å². The lowest BCUT2D eigenvalue weighted by Crippen LogP contribution is -1.80. The van der Waals surface area contributed by atoms with Gasteiger partial charge < -0.3 is 0 Å². The molecule has 0 amide bonds. The SMILES string of the molecule is CC.CC.Cc1nccc2ccccc12. The summed E-state index contributed by atoms with van der Waals surface area (Å²) in [6.45, 7) is 10.0. The van der Waals surface area contributed by atoms with Crippen LogP contribution >= 0.6 is 0 Å². The molecular formula is C14H21N. The maximum atomic E-state index is 4.21. The minimum absolute atomic E-state index is 1.10. The van der Waals surface area contributed by atoms with Gasteiger partial charge in [-0.15, -0.1) is 0 Å². The molecule has 0 saturated heterocycles. The van der Waals surface area contributed by atoms with Gasteiger partial charge in [0.2, 0.25) is 0 Å². The second-order valence-corrected chi connectivity index (χ2v) is 2.62. The van der Waals surface area contributed by atoms with E-state index in [-0.39, 0.29) is 0 Å². The second-order valence-electron chi connectivity index (χ2n) is 2.62. The zero-order valence-electron chi connectivity index (χ0n) is 10.4. The van der Waals surface area contributed by atoms with E-state index in [1.165, 1.54) is 10.8 Å². The molecule has 1 nitrogen and oxygen atoms in total. The van der Waals surface area contributed by atoms with Crippen molar-refractivity contribution >= 4 is 10.8 Å². The maximum absolute atomic E-state index is 4.21. The fourth-order valence-corrected chi connectivity index (χ4v) is 1.27. The Labute approximate surface area is 93.2 Å². The van der Waals surface area contributed by atoms with Crippen molar-refractivity contribution in [2.24, 2.45) is 0 Å². The number of hydrogen-bond acceptors (Lipinski definition) is 1. The third-order valence-electron chi connectivity index (χ3n) is 1.87. The van der Waals surface area contributed by atoms with Crippen LogP contribution in [0.2, 0.25) is 0 Å². The number of fused-ring (bicyclic) bond motifs is 1. The molecule has 0 unspecified atom stereocenters.